The highest BCUT2D eigenvalue weighted by molar-refractivity contribution is 6.22. The largest absolute Gasteiger partial charge is 0.309 e. The van der Waals surface area contributed by atoms with Crippen molar-refractivity contribution in [3.63, 3.8) is 0 Å². The van der Waals surface area contributed by atoms with Crippen molar-refractivity contribution >= 4 is 62.2 Å². The number of nitrogens with one attached hydrogen (secondary N) is 1. The van der Waals surface area contributed by atoms with Gasteiger partial charge in [-0.15, -0.1) is 0 Å². The average Bonchev–Trinajstić information content (AvgIpc) is 3.28. The number of hydrogen-bond donors (Lipinski definition) is 1. The lowest BCUT2D eigenvalue weighted by Crippen LogP contribution is -2.29. The van der Waals surface area contributed by atoms with Crippen LogP contribution in [-0.4, -0.2) is 18.3 Å². The maximum absolute atomic E-state index is 7.40. The molecule has 1 N–H and O–H groups in total. The Morgan fingerprint density at radius 3 is 2.02 bits per heavy atom. The molecule has 58 heavy (non-hydrogen) atoms. The third kappa shape index (κ3) is 7.15. The van der Waals surface area contributed by atoms with Gasteiger partial charge in [-0.1, -0.05) is 159 Å². The predicted molar refractivity (Wildman–Crippen MR) is 249 cm³/mol. The van der Waals surface area contributed by atoms with Crippen molar-refractivity contribution in [2.75, 3.05) is 0 Å². The Kier molecular flexibility index (Phi) is 10.1. The summed E-state index contributed by atoms with van der Waals surface area (Å²) in [6.07, 6.45) is 17.0. The summed E-state index contributed by atoms with van der Waals surface area (Å²) in [5.41, 5.74) is 10.6. The molecule has 3 heteroatoms. The molecule has 2 aliphatic rings. The summed E-state index contributed by atoms with van der Waals surface area (Å²) in [6, 6.07) is 50.1. The lowest BCUT2D eigenvalue weighted by atomic mass is 9.85. The quantitative estimate of drug-likeness (QED) is 0.0662. The van der Waals surface area contributed by atoms with E-state index in [2.05, 4.69) is 171 Å². The van der Waals surface area contributed by atoms with Gasteiger partial charge >= 0.3 is 0 Å². The summed E-state index contributed by atoms with van der Waals surface area (Å²) >= 11 is 0. The fraction of sp³-hybridized carbons (Fsp3) is 0.0727. The van der Waals surface area contributed by atoms with Gasteiger partial charge in [0.2, 0.25) is 0 Å². The molecule has 278 valence electrons. The van der Waals surface area contributed by atoms with E-state index in [0.29, 0.717) is 5.84 Å². The molecule has 0 aliphatic heterocycles. The van der Waals surface area contributed by atoms with E-state index in [-0.39, 0.29) is 0 Å². The zero-order valence-electron chi connectivity index (χ0n) is 32.5. The molecule has 0 radical (unpaired) electrons. The molecule has 0 bridgehead atoms. The third-order valence-corrected chi connectivity index (χ3v) is 11.3. The number of rotatable bonds is 9. The third-order valence-electron chi connectivity index (χ3n) is 11.3. The molecular formula is C55H43N3. The van der Waals surface area contributed by atoms with Gasteiger partial charge in [0.05, 0.1) is 5.70 Å². The van der Waals surface area contributed by atoms with Crippen LogP contribution in [0.4, 0.5) is 0 Å². The van der Waals surface area contributed by atoms with E-state index in [9.17, 15) is 0 Å². The monoisotopic (exact) mass is 745 g/mol. The van der Waals surface area contributed by atoms with Gasteiger partial charge in [0.1, 0.15) is 0 Å². The van der Waals surface area contributed by atoms with Crippen molar-refractivity contribution in [2.45, 2.75) is 25.7 Å². The van der Waals surface area contributed by atoms with E-state index in [0.717, 1.165) is 64.8 Å². The van der Waals surface area contributed by atoms with Gasteiger partial charge in [-0.2, -0.15) is 0 Å². The fourth-order valence-corrected chi connectivity index (χ4v) is 8.51. The Bertz CT molecular complexity index is 3050. The molecule has 9 rings (SSSR count). The summed E-state index contributed by atoms with van der Waals surface area (Å²) in [5.74, 6) is 0.608. The summed E-state index contributed by atoms with van der Waals surface area (Å²) < 4.78 is 0. The maximum Gasteiger partial charge on any atom is 0.159 e. The molecule has 0 saturated heterocycles. The van der Waals surface area contributed by atoms with E-state index in [1.54, 1.807) is 6.08 Å². The smallest absolute Gasteiger partial charge is 0.159 e. The number of fused-ring (bicyclic) bond motifs is 4. The molecule has 0 spiro atoms. The standard InChI is InChI=1S/C55H43N3/c1-37(15-14-32-56)42-21-11-16-39(33-42)36-57-55(58-38(2)47-29-13-20-41-18-5-6-24-48(41)47)46-23-12-22-44(35-46)53-49-25-7-9-27-51(49)54(52-28-10-8-26-50(52)53)45-31-30-40-17-3-4-19-43(40)34-45/h3-10,12,14-20,22-28,30-36,56H,1-2,11,13,21,29H2/b15-14-,56-32?,57-36?,58-55?. The highest BCUT2D eigenvalue weighted by Gasteiger charge is 2.18. The van der Waals surface area contributed by atoms with Crippen LogP contribution in [0.3, 0.4) is 0 Å². The molecule has 0 saturated carbocycles. The van der Waals surface area contributed by atoms with Gasteiger partial charge in [0, 0.05) is 18.0 Å². The van der Waals surface area contributed by atoms with Gasteiger partial charge in [0.15, 0.2) is 5.84 Å². The van der Waals surface area contributed by atoms with Crippen LogP contribution in [0.25, 0.3) is 66.2 Å². The molecule has 0 aromatic heterocycles. The second-order valence-electron chi connectivity index (χ2n) is 14.9. The van der Waals surface area contributed by atoms with Gasteiger partial charge in [-0.3, -0.25) is 0 Å². The first-order chi connectivity index (χ1) is 28.6. The van der Waals surface area contributed by atoms with Crippen molar-refractivity contribution in [2.24, 2.45) is 9.98 Å². The Morgan fingerprint density at radius 2 is 1.28 bits per heavy atom. The van der Waals surface area contributed by atoms with Crippen LogP contribution in [0.5, 0.6) is 0 Å². The van der Waals surface area contributed by atoms with Gasteiger partial charge < -0.3 is 5.41 Å². The predicted octanol–water partition coefficient (Wildman–Crippen LogP) is 12.6. The second-order valence-corrected chi connectivity index (χ2v) is 14.9. The number of amidine groups is 1. The van der Waals surface area contributed by atoms with Crippen molar-refractivity contribution < 1.29 is 0 Å². The molecule has 7 aromatic carbocycles. The van der Waals surface area contributed by atoms with Crippen molar-refractivity contribution in [3.8, 4) is 22.3 Å². The van der Waals surface area contributed by atoms with Crippen LogP contribution in [-0.2, 0) is 0 Å². The van der Waals surface area contributed by atoms with Gasteiger partial charge in [-0.05, 0) is 137 Å². The number of benzene rings is 7. The lowest BCUT2D eigenvalue weighted by molar-refractivity contribution is 0.974. The minimum Gasteiger partial charge on any atom is -0.309 e. The Hall–Kier alpha value is -7.23. The number of allylic oxidation sites excluding steroid dienone is 8. The highest BCUT2D eigenvalue weighted by atomic mass is 14.9. The molecule has 2 aliphatic carbocycles. The Morgan fingerprint density at radius 1 is 0.621 bits per heavy atom. The van der Waals surface area contributed by atoms with Crippen LogP contribution < -0.4 is 10.4 Å². The average molecular weight is 746 g/mol. The normalized spacial score (nSPS) is 14.4. The summed E-state index contributed by atoms with van der Waals surface area (Å²) in [5, 5.41) is 17.1. The van der Waals surface area contributed by atoms with Crippen molar-refractivity contribution in [3.05, 3.63) is 215 Å². The molecule has 0 amide bonds. The molecule has 7 aromatic rings. The number of hydrogen-bond acceptors (Lipinski definition) is 2. The minimum atomic E-state index is 0.608. The van der Waals surface area contributed by atoms with E-state index < -0.39 is 0 Å². The topological polar surface area (TPSA) is 48.6 Å². The van der Waals surface area contributed by atoms with Crippen LogP contribution >= 0.6 is 0 Å². The number of nitrogens with zero attached hydrogens (tertiary/aromatic N) is 2. The molecule has 3 nitrogen and oxygen atoms in total. The second kappa shape index (κ2) is 16.1. The van der Waals surface area contributed by atoms with Crippen LogP contribution in [0.1, 0.15) is 31.2 Å². The maximum atomic E-state index is 7.40. The van der Waals surface area contributed by atoms with E-state index >= 15 is 0 Å². The van der Waals surface area contributed by atoms with Crippen LogP contribution in [0, 0.1) is 5.41 Å². The van der Waals surface area contributed by atoms with E-state index in [1.807, 2.05) is 12.3 Å². The van der Waals surface area contributed by atoms with Gasteiger partial charge in [0.25, 0.3) is 0 Å². The number of aliphatic imine (C=N–C) groups is 2. The minimum absolute atomic E-state index is 0.608. The lowest BCUT2D eigenvalue weighted by Gasteiger charge is -2.18. The summed E-state index contributed by atoms with van der Waals surface area (Å²) in [7, 11) is 0. The zero-order valence-corrected chi connectivity index (χ0v) is 32.5. The van der Waals surface area contributed by atoms with Crippen LogP contribution in [0.2, 0.25) is 0 Å². The SMILES string of the molecule is C=C(/C=C\C=N)C1=CC(C=NC(=NC(=C)C2=c3ccccc3=CCC2)c2cccc(-c3c4ccccc4c(-c4ccc5ccccc5c4)c4ccccc34)c2)=CCC1. The van der Waals surface area contributed by atoms with Gasteiger partial charge in [-0.25, -0.2) is 9.98 Å². The first-order valence-corrected chi connectivity index (χ1v) is 20.0. The molecule has 0 heterocycles. The van der Waals surface area contributed by atoms with E-state index in [4.69, 9.17) is 15.4 Å². The summed E-state index contributed by atoms with van der Waals surface area (Å²) in [6.45, 7) is 8.79. The molecule has 0 unspecified atom stereocenters. The Labute approximate surface area is 339 Å². The Balaban J connectivity index is 1.20. The first kappa shape index (κ1) is 36.4. The zero-order chi connectivity index (χ0) is 39.4. The fourth-order valence-electron chi connectivity index (χ4n) is 8.51. The molecule has 0 fully saturated rings. The van der Waals surface area contributed by atoms with Crippen LogP contribution in [0.15, 0.2) is 209 Å². The first-order valence-electron chi connectivity index (χ1n) is 20.0. The highest BCUT2D eigenvalue weighted by Crippen LogP contribution is 2.44. The van der Waals surface area contributed by atoms with Crippen molar-refractivity contribution in [1.82, 2.24) is 0 Å². The molecule has 0 atom stereocenters. The van der Waals surface area contributed by atoms with Crippen molar-refractivity contribution in [1.29, 1.82) is 5.41 Å². The molecular weight excluding hydrogens is 703 g/mol. The van der Waals surface area contributed by atoms with E-state index in [1.165, 1.54) is 65.7 Å². The summed E-state index contributed by atoms with van der Waals surface area (Å²) in [4.78, 5) is 10.4.